The summed E-state index contributed by atoms with van der Waals surface area (Å²) >= 11 is 5.78. The summed E-state index contributed by atoms with van der Waals surface area (Å²) in [5, 5.41) is 7.66. The van der Waals surface area contributed by atoms with E-state index in [0.717, 1.165) is 11.6 Å². The van der Waals surface area contributed by atoms with Crippen molar-refractivity contribution in [2.75, 3.05) is 11.9 Å². The molecule has 0 fully saturated rings. The van der Waals surface area contributed by atoms with Gasteiger partial charge in [0.05, 0.1) is 10.6 Å². The van der Waals surface area contributed by atoms with E-state index in [1.54, 1.807) is 12.1 Å². The summed E-state index contributed by atoms with van der Waals surface area (Å²) in [6, 6.07) is 10.8. The van der Waals surface area contributed by atoms with Crippen molar-refractivity contribution in [2.45, 2.75) is 31.1 Å². The number of hydrogen-bond acceptors (Lipinski definition) is 5. The summed E-state index contributed by atoms with van der Waals surface area (Å²) in [6.07, 6.45) is 0. The summed E-state index contributed by atoms with van der Waals surface area (Å²) in [4.78, 5) is 23.9. The second-order valence-corrected chi connectivity index (χ2v) is 9.05. The number of rotatable bonds is 5. The molecule has 0 saturated heterocycles. The predicted octanol–water partition coefficient (Wildman–Crippen LogP) is 3.08. The Morgan fingerprint density at radius 1 is 1.14 bits per heavy atom. The number of hydrogen-bond donors (Lipinski definition) is 2. The molecule has 0 aliphatic heterocycles. The Balaban J connectivity index is 2.08. The highest BCUT2D eigenvalue weighted by Gasteiger charge is 2.20. The highest BCUT2D eigenvalue weighted by molar-refractivity contribution is 7.89. The maximum Gasteiger partial charge on any atom is 0.338 e. The topological polar surface area (TPSA) is 116 Å². The van der Waals surface area contributed by atoms with Crippen LogP contribution >= 0.6 is 11.6 Å². The van der Waals surface area contributed by atoms with Crippen molar-refractivity contribution < 1.29 is 22.7 Å². The Bertz CT molecular complexity index is 1010. The molecule has 0 aromatic heterocycles. The fourth-order valence-electron chi connectivity index (χ4n) is 2.50. The second-order valence-electron chi connectivity index (χ2n) is 7.11. The van der Waals surface area contributed by atoms with Crippen LogP contribution in [0.25, 0.3) is 0 Å². The molecule has 0 atom stereocenters. The SMILES string of the molecule is CC(C)(C)c1ccccc1NC(=O)COC(=O)c1ccc(Cl)c(S(N)(=O)=O)c1. The molecule has 1 amide bonds. The maximum absolute atomic E-state index is 12.2. The van der Waals surface area contributed by atoms with Gasteiger partial charge in [-0.2, -0.15) is 0 Å². The molecule has 0 aliphatic rings. The number of anilines is 1. The molecule has 0 bridgehead atoms. The second kappa shape index (κ2) is 8.30. The largest absolute Gasteiger partial charge is 0.452 e. The number of primary sulfonamides is 1. The molecule has 9 heteroatoms. The number of ether oxygens (including phenoxy) is 1. The molecular weight excluding hydrogens is 404 g/mol. The van der Waals surface area contributed by atoms with Crippen LogP contribution in [0, 0.1) is 0 Å². The van der Waals surface area contributed by atoms with E-state index in [2.05, 4.69) is 5.32 Å². The van der Waals surface area contributed by atoms with Crippen LogP contribution in [0.5, 0.6) is 0 Å². The minimum atomic E-state index is -4.10. The van der Waals surface area contributed by atoms with Crippen molar-refractivity contribution in [2.24, 2.45) is 5.14 Å². The van der Waals surface area contributed by atoms with Crippen molar-refractivity contribution in [1.82, 2.24) is 0 Å². The average Bonchev–Trinajstić information content (AvgIpc) is 2.58. The van der Waals surface area contributed by atoms with Gasteiger partial charge in [-0.1, -0.05) is 50.6 Å². The maximum atomic E-state index is 12.2. The van der Waals surface area contributed by atoms with Crippen LogP contribution in [0.3, 0.4) is 0 Å². The first-order valence-corrected chi connectivity index (χ1v) is 10.2. The normalized spacial score (nSPS) is 11.8. The molecule has 7 nitrogen and oxygen atoms in total. The average molecular weight is 425 g/mol. The molecule has 3 N–H and O–H groups in total. The zero-order valence-electron chi connectivity index (χ0n) is 15.7. The smallest absolute Gasteiger partial charge is 0.338 e. The van der Waals surface area contributed by atoms with Gasteiger partial charge in [0.15, 0.2) is 6.61 Å². The van der Waals surface area contributed by atoms with Crippen molar-refractivity contribution in [3.05, 3.63) is 58.6 Å². The van der Waals surface area contributed by atoms with E-state index in [1.807, 2.05) is 32.9 Å². The minimum absolute atomic E-state index is 0.0867. The zero-order chi connectivity index (χ0) is 21.1. The number of sulfonamides is 1. The third-order valence-corrected chi connectivity index (χ3v) is 5.21. The zero-order valence-corrected chi connectivity index (χ0v) is 17.2. The molecule has 28 heavy (non-hydrogen) atoms. The van der Waals surface area contributed by atoms with E-state index in [1.165, 1.54) is 12.1 Å². The molecular formula is C19H21ClN2O5S. The number of carbonyl (C=O) groups is 2. The van der Waals surface area contributed by atoms with E-state index in [9.17, 15) is 18.0 Å². The van der Waals surface area contributed by atoms with Crippen LogP contribution in [0.1, 0.15) is 36.7 Å². The van der Waals surface area contributed by atoms with Gasteiger partial charge in [-0.15, -0.1) is 0 Å². The lowest BCUT2D eigenvalue weighted by Gasteiger charge is -2.22. The Morgan fingerprint density at radius 2 is 1.79 bits per heavy atom. The van der Waals surface area contributed by atoms with E-state index >= 15 is 0 Å². The highest BCUT2D eigenvalue weighted by atomic mass is 35.5. The van der Waals surface area contributed by atoms with E-state index < -0.39 is 33.4 Å². The van der Waals surface area contributed by atoms with Gasteiger partial charge in [0.25, 0.3) is 5.91 Å². The Morgan fingerprint density at radius 3 is 2.39 bits per heavy atom. The quantitative estimate of drug-likeness (QED) is 0.715. The molecule has 0 spiro atoms. The molecule has 0 heterocycles. The van der Waals surface area contributed by atoms with Crippen molar-refractivity contribution in [3.8, 4) is 0 Å². The van der Waals surface area contributed by atoms with Gasteiger partial charge in [0.1, 0.15) is 4.90 Å². The van der Waals surface area contributed by atoms with Crippen LogP contribution in [-0.2, 0) is 25.0 Å². The number of nitrogens with one attached hydrogen (secondary N) is 1. The van der Waals surface area contributed by atoms with Crippen LogP contribution in [0.4, 0.5) is 5.69 Å². The number of nitrogens with two attached hydrogens (primary N) is 1. The number of benzene rings is 2. The van der Waals surface area contributed by atoms with E-state index in [0.29, 0.717) is 5.69 Å². The molecule has 0 aliphatic carbocycles. The van der Waals surface area contributed by atoms with Gasteiger partial charge in [0, 0.05) is 5.69 Å². The first-order valence-electron chi connectivity index (χ1n) is 8.28. The summed E-state index contributed by atoms with van der Waals surface area (Å²) in [5.74, 6) is -1.40. The van der Waals surface area contributed by atoms with Crippen molar-refractivity contribution >= 4 is 39.2 Å². The predicted molar refractivity (Wildman–Crippen MR) is 107 cm³/mol. The molecule has 2 aromatic rings. The first-order chi connectivity index (χ1) is 12.9. The van der Waals surface area contributed by atoms with Crippen LogP contribution in [-0.4, -0.2) is 26.9 Å². The van der Waals surface area contributed by atoms with Crippen LogP contribution < -0.4 is 10.5 Å². The van der Waals surface area contributed by atoms with Gasteiger partial charge in [-0.05, 0) is 35.2 Å². The molecule has 0 unspecified atom stereocenters. The summed E-state index contributed by atoms with van der Waals surface area (Å²) in [7, 11) is -4.10. The Labute approximate surface area is 168 Å². The van der Waals surface area contributed by atoms with E-state index in [4.69, 9.17) is 21.5 Å². The van der Waals surface area contributed by atoms with Crippen molar-refractivity contribution in [3.63, 3.8) is 0 Å². The minimum Gasteiger partial charge on any atom is -0.452 e. The lowest BCUT2D eigenvalue weighted by atomic mass is 9.86. The molecule has 2 aromatic carbocycles. The van der Waals surface area contributed by atoms with Gasteiger partial charge in [0.2, 0.25) is 10.0 Å². The molecule has 0 saturated carbocycles. The number of para-hydroxylation sites is 1. The number of amides is 1. The van der Waals surface area contributed by atoms with E-state index in [-0.39, 0.29) is 16.0 Å². The number of esters is 1. The standard InChI is InChI=1S/C19H21ClN2O5S/c1-19(2,3)13-6-4-5-7-15(13)22-17(23)11-27-18(24)12-8-9-14(20)16(10-12)28(21,25)26/h4-10H,11H2,1-3H3,(H,22,23)(H2,21,25,26). The molecule has 0 radical (unpaired) electrons. The lowest BCUT2D eigenvalue weighted by Crippen LogP contribution is -2.23. The number of carbonyl (C=O) groups excluding carboxylic acids is 2. The fourth-order valence-corrected chi connectivity index (χ4v) is 3.57. The van der Waals surface area contributed by atoms with Crippen LogP contribution in [0.15, 0.2) is 47.4 Å². The summed E-state index contributed by atoms with van der Waals surface area (Å²) < 4.78 is 27.9. The van der Waals surface area contributed by atoms with Gasteiger partial charge >= 0.3 is 5.97 Å². The lowest BCUT2D eigenvalue weighted by molar-refractivity contribution is -0.119. The molecule has 150 valence electrons. The Kier molecular flexibility index (Phi) is 6.48. The third-order valence-electron chi connectivity index (χ3n) is 3.82. The first kappa shape index (κ1) is 21.9. The third kappa shape index (κ3) is 5.54. The summed E-state index contributed by atoms with van der Waals surface area (Å²) in [6.45, 7) is 5.51. The highest BCUT2D eigenvalue weighted by Crippen LogP contribution is 2.29. The van der Waals surface area contributed by atoms with Gasteiger partial charge in [-0.25, -0.2) is 18.4 Å². The van der Waals surface area contributed by atoms with Gasteiger partial charge < -0.3 is 10.1 Å². The summed E-state index contributed by atoms with van der Waals surface area (Å²) in [5.41, 5.74) is 1.29. The molecule has 2 rings (SSSR count). The monoisotopic (exact) mass is 424 g/mol. The van der Waals surface area contributed by atoms with Gasteiger partial charge in [-0.3, -0.25) is 4.79 Å². The fraction of sp³-hybridized carbons (Fsp3) is 0.263. The van der Waals surface area contributed by atoms with Crippen LogP contribution in [0.2, 0.25) is 5.02 Å². The Hall–Kier alpha value is -2.42. The van der Waals surface area contributed by atoms with Crippen molar-refractivity contribution in [1.29, 1.82) is 0 Å². The number of halogens is 1.